The number of ether oxygens (including phenoxy) is 2. The van der Waals surface area contributed by atoms with Crippen LogP contribution in [-0.4, -0.2) is 22.9 Å². The van der Waals surface area contributed by atoms with Gasteiger partial charge in [-0.15, -0.1) is 0 Å². The second kappa shape index (κ2) is 9.77. The molecular weight excluding hydrogens is 422 g/mol. The van der Waals surface area contributed by atoms with E-state index in [0.29, 0.717) is 22.6 Å². The number of methoxy groups -OCH3 is 1. The number of allylic oxidation sites excluding steroid dienone is 1. The quantitative estimate of drug-likeness (QED) is 0.217. The summed E-state index contributed by atoms with van der Waals surface area (Å²) >= 11 is 6.07. The van der Waals surface area contributed by atoms with Crippen molar-refractivity contribution < 1.29 is 24.3 Å². The first-order chi connectivity index (χ1) is 14.9. The van der Waals surface area contributed by atoms with Crippen molar-refractivity contribution in [3.05, 3.63) is 98.6 Å². The fourth-order valence-electron chi connectivity index (χ4n) is 2.78. The van der Waals surface area contributed by atoms with Gasteiger partial charge in [-0.1, -0.05) is 23.7 Å². The topological polar surface area (TPSA) is 98.9 Å². The van der Waals surface area contributed by atoms with Crippen molar-refractivity contribution in [2.24, 2.45) is 0 Å². The number of carbonyl (C=O) groups excluding carboxylic acids is 1. The molecule has 3 aromatic rings. The van der Waals surface area contributed by atoms with E-state index in [0.717, 1.165) is 5.56 Å². The number of hydrogen-bond acceptors (Lipinski definition) is 6. The first-order valence-corrected chi connectivity index (χ1v) is 9.50. The Morgan fingerprint density at radius 3 is 2.45 bits per heavy atom. The molecule has 0 spiro atoms. The van der Waals surface area contributed by atoms with Crippen LogP contribution in [0.15, 0.2) is 66.7 Å². The van der Waals surface area contributed by atoms with Gasteiger partial charge in [-0.3, -0.25) is 14.9 Å². The minimum atomic E-state index is -0.534. The summed E-state index contributed by atoms with van der Waals surface area (Å²) in [5.74, 6) is 0.776. The number of phenols is 1. The average molecular weight is 440 g/mol. The SMILES string of the molecule is COc1ccc(/C=C/C(=O)c2ccc(O)cc2)cc1COc1ccc([N+](=O)[O-])cc1Cl. The number of nitrogens with zero attached hydrogens (tertiary/aromatic N) is 1. The van der Waals surface area contributed by atoms with Gasteiger partial charge in [0.05, 0.1) is 17.1 Å². The largest absolute Gasteiger partial charge is 0.508 e. The number of phenolic OH excluding ortho intramolecular Hbond substituents is 1. The van der Waals surface area contributed by atoms with Crippen LogP contribution >= 0.6 is 11.6 Å². The average Bonchev–Trinajstić information content (AvgIpc) is 2.77. The van der Waals surface area contributed by atoms with Gasteiger partial charge >= 0.3 is 0 Å². The highest BCUT2D eigenvalue weighted by Crippen LogP contribution is 2.30. The van der Waals surface area contributed by atoms with Crippen molar-refractivity contribution >= 4 is 29.1 Å². The highest BCUT2D eigenvalue weighted by molar-refractivity contribution is 6.32. The van der Waals surface area contributed by atoms with E-state index >= 15 is 0 Å². The van der Waals surface area contributed by atoms with E-state index in [1.54, 1.807) is 36.4 Å². The molecule has 0 saturated carbocycles. The Morgan fingerprint density at radius 1 is 1.10 bits per heavy atom. The van der Waals surface area contributed by atoms with Crippen LogP contribution in [0.2, 0.25) is 5.02 Å². The molecular formula is C23H18ClNO6. The number of benzene rings is 3. The fraction of sp³-hybridized carbons (Fsp3) is 0.0870. The zero-order valence-electron chi connectivity index (χ0n) is 16.4. The Bertz CT molecular complexity index is 1140. The lowest BCUT2D eigenvalue weighted by Crippen LogP contribution is -2.00. The summed E-state index contributed by atoms with van der Waals surface area (Å²) in [6, 6.07) is 15.3. The number of aromatic hydroxyl groups is 1. The number of ketones is 1. The third kappa shape index (κ3) is 5.61. The van der Waals surface area contributed by atoms with Crippen LogP contribution in [0.25, 0.3) is 6.08 Å². The molecule has 1 N–H and O–H groups in total. The number of nitro benzene ring substituents is 1. The zero-order valence-corrected chi connectivity index (χ0v) is 17.2. The van der Waals surface area contributed by atoms with E-state index in [9.17, 15) is 20.0 Å². The van der Waals surface area contributed by atoms with Crippen molar-refractivity contribution in [1.29, 1.82) is 0 Å². The Morgan fingerprint density at radius 2 is 1.81 bits per heavy atom. The third-order valence-corrected chi connectivity index (χ3v) is 4.69. The summed E-state index contributed by atoms with van der Waals surface area (Å²) < 4.78 is 11.1. The first kappa shape index (κ1) is 21.9. The molecule has 0 radical (unpaired) electrons. The Hall–Kier alpha value is -3.84. The molecule has 158 valence electrons. The molecule has 3 rings (SSSR count). The van der Waals surface area contributed by atoms with Crippen LogP contribution in [0.1, 0.15) is 21.5 Å². The standard InChI is InChI=1S/C23H18ClNO6/c1-30-22-10-3-15(2-9-21(27)16-4-7-19(26)8-5-16)12-17(22)14-31-23-11-6-18(25(28)29)13-20(23)24/h2-13,26H,14H2,1H3/b9-2+. The van der Waals surface area contributed by atoms with Gasteiger partial charge in [0.25, 0.3) is 5.69 Å². The maximum absolute atomic E-state index is 12.3. The maximum Gasteiger partial charge on any atom is 0.271 e. The monoisotopic (exact) mass is 439 g/mol. The summed E-state index contributed by atoms with van der Waals surface area (Å²) in [5.41, 5.74) is 1.79. The van der Waals surface area contributed by atoms with E-state index in [2.05, 4.69) is 0 Å². The van der Waals surface area contributed by atoms with E-state index in [1.165, 1.54) is 43.5 Å². The molecule has 0 unspecified atom stereocenters. The summed E-state index contributed by atoms with van der Waals surface area (Å²) in [4.78, 5) is 22.6. The minimum absolute atomic E-state index is 0.0912. The lowest BCUT2D eigenvalue weighted by Gasteiger charge is -2.12. The number of non-ortho nitro benzene ring substituents is 1. The highest BCUT2D eigenvalue weighted by atomic mass is 35.5. The fourth-order valence-corrected chi connectivity index (χ4v) is 3.01. The van der Waals surface area contributed by atoms with Crippen LogP contribution in [0.3, 0.4) is 0 Å². The molecule has 0 aromatic heterocycles. The van der Waals surface area contributed by atoms with Crippen LogP contribution < -0.4 is 9.47 Å². The van der Waals surface area contributed by atoms with Gasteiger partial charge in [-0.05, 0) is 54.1 Å². The Labute approximate surface area is 183 Å². The van der Waals surface area contributed by atoms with Gasteiger partial charge in [-0.2, -0.15) is 0 Å². The molecule has 0 bridgehead atoms. The molecule has 0 saturated heterocycles. The first-order valence-electron chi connectivity index (χ1n) is 9.12. The molecule has 0 amide bonds. The summed E-state index contributed by atoms with van der Waals surface area (Å²) in [6.45, 7) is 0.105. The molecule has 0 atom stereocenters. The molecule has 3 aromatic carbocycles. The van der Waals surface area contributed by atoms with Crippen molar-refractivity contribution in [3.8, 4) is 17.2 Å². The number of hydrogen-bond donors (Lipinski definition) is 1. The molecule has 8 heteroatoms. The molecule has 7 nitrogen and oxygen atoms in total. The van der Waals surface area contributed by atoms with Crippen LogP contribution in [0.5, 0.6) is 17.2 Å². The minimum Gasteiger partial charge on any atom is -0.508 e. The normalized spacial score (nSPS) is 10.8. The molecule has 0 aliphatic heterocycles. The molecule has 0 fully saturated rings. The van der Waals surface area contributed by atoms with E-state index < -0.39 is 4.92 Å². The Kier molecular flexibility index (Phi) is 6.89. The third-order valence-electron chi connectivity index (χ3n) is 4.39. The van der Waals surface area contributed by atoms with E-state index in [1.807, 2.05) is 0 Å². The van der Waals surface area contributed by atoms with Gasteiger partial charge in [0.2, 0.25) is 0 Å². The van der Waals surface area contributed by atoms with Gasteiger partial charge in [0.1, 0.15) is 23.9 Å². The van der Waals surface area contributed by atoms with Crippen LogP contribution in [0, 0.1) is 10.1 Å². The summed E-state index contributed by atoms with van der Waals surface area (Å²) in [7, 11) is 1.53. The molecule has 31 heavy (non-hydrogen) atoms. The molecule has 0 aliphatic carbocycles. The predicted octanol–water partition coefficient (Wildman–Crippen LogP) is 5.44. The number of nitro groups is 1. The molecule has 0 aliphatic rings. The van der Waals surface area contributed by atoms with Crippen molar-refractivity contribution in [3.63, 3.8) is 0 Å². The second-order valence-electron chi connectivity index (χ2n) is 6.48. The van der Waals surface area contributed by atoms with Gasteiger partial charge in [0, 0.05) is 23.3 Å². The number of rotatable bonds is 8. The second-order valence-corrected chi connectivity index (χ2v) is 6.88. The van der Waals surface area contributed by atoms with Crippen LogP contribution in [-0.2, 0) is 6.61 Å². The van der Waals surface area contributed by atoms with E-state index in [-0.39, 0.29) is 28.8 Å². The predicted molar refractivity (Wildman–Crippen MR) is 117 cm³/mol. The lowest BCUT2D eigenvalue weighted by atomic mass is 10.1. The van der Waals surface area contributed by atoms with Crippen molar-refractivity contribution in [2.75, 3.05) is 7.11 Å². The van der Waals surface area contributed by atoms with Gasteiger partial charge in [-0.25, -0.2) is 0 Å². The molecule has 0 heterocycles. The van der Waals surface area contributed by atoms with Crippen molar-refractivity contribution in [2.45, 2.75) is 6.61 Å². The summed E-state index contributed by atoms with van der Waals surface area (Å²) in [5, 5.41) is 20.3. The van der Waals surface area contributed by atoms with Gasteiger partial charge < -0.3 is 14.6 Å². The lowest BCUT2D eigenvalue weighted by molar-refractivity contribution is -0.384. The zero-order chi connectivity index (χ0) is 22.4. The number of halogens is 1. The van der Waals surface area contributed by atoms with Crippen LogP contribution in [0.4, 0.5) is 5.69 Å². The number of carbonyl (C=O) groups is 1. The smallest absolute Gasteiger partial charge is 0.271 e. The maximum atomic E-state index is 12.3. The highest BCUT2D eigenvalue weighted by Gasteiger charge is 2.12. The van der Waals surface area contributed by atoms with E-state index in [4.69, 9.17) is 21.1 Å². The summed E-state index contributed by atoms with van der Waals surface area (Å²) in [6.07, 6.45) is 3.10. The van der Waals surface area contributed by atoms with Gasteiger partial charge in [0.15, 0.2) is 5.78 Å². The Balaban J connectivity index is 1.75. The van der Waals surface area contributed by atoms with Crippen molar-refractivity contribution in [1.82, 2.24) is 0 Å².